The Kier molecular flexibility index (Phi) is 12.5. The molecule has 0 saturated heterocycles. The lowest BCUT2D eigenvalue weighted by Gasteiger charge is -2.22. The molecule has 2 unspecified atom stereocenters. The van der Waals surface area contributed by atoms with Crippen molar-refractivity contribution in [3.05, 3.63) is 80.8 Å². The number of aryl methyl sites for hydroxylation is 2. The van der Waals surface area contributed by atoms with Crippen molar-refractivity contribution in [1.82, 2.24) is 45.5 Å². The molecule has 60 heavy (non-hydrogen) atoms. The van der Waals surface area contributed by atoms with E-state index in [0.29, 0.717) is 85.0 Å². The van der Waals surface area contributed by atoms with Crippen molar-refractivity contribution in [1.29, 1.82) is 0 Å². The quantitative estimate of drug-likeness (QED) is 0.0762. The zero-order valence-electron chi connectivity index (χ0n) is 32.8. The molecule has 1 aromatic carbocycles. The number of amides is 2. The smallest absolute Gasteiger partial charge is 0.248 e. The van der Waals surface area contributed by atoms with Crippen LogP contribution in [0.15, 0.2) is 41.7 Å². The van der Waals surface area contributed by atoms with E-state index >= 15 is 0 Å². The lowest BCUT2D eigenvalue weighted by atomic mass is 9.86. The Hall–Kier alpha value is -5.47. The Morgan fingerprint density at radius 2 is 1.32 bits per heavy atom. The second kappa shape index (κ2) is 17.6. The van der Waals surface area contributed by atoms with E-state index in [9.17, 15) is 35.6 Å². The molecule has 5 aromatic heterocycles. The molecule has 0 spiro atoms. The fourth-order valence-electron chi connectivity index (χ4n) is 7.82. The van der Waals surface area contributed by atoms with Gasteiger partial charge in [-0.05, 0) is 80.7 Å². The minimum absolute atomic E-state index is 0.0306. The van der Waals surface area contributed by atoms with Crippen molar-refractivity contribution in [2.75, 3.05) is 42.4 Å². The van der Waals surface area contributed by atoms with E-state index in [-0.39, 0.29) is 40.7 Å². The van der Waals surface area contributed by atoms with E-state index < -0.39 is 31.1 Å². The van der Waals surface area contributed by atoms with Gasteiger partial charge in [-0.25, -0.2) is 41.2 Å². The van der Waals surface area contributed by atoms with Crippen LogP contribution >= 0.6 is 11.6 Å². The summed E-state index contributed by atoms with van der Waals surface area (Å²) in [5.41, 5.74) is 5.60. The molecule has 17 nitrogen and oxygen atoms in total. The molecular formula is C39H44ClFN10O7S2. The molecule has 0 fully saturated rings. The van der Waals surface area contributed by atoms with Crippen molar-refractivity contribution < 1.29 is 30.8 Å². The fourth-order valence-corrected chi connectivity index (χ4v) is 9.40. The monoisotopic (exact) mass is 882 g/mol. The minimum atomic E-state index is -3.07. The molecule has 0 aliphatic heterocycles. The Morgan fingerprint density at radius 3 is 1.90 bits per heavy atom. The van der Waals surface area contributed by atoms with Crippen LogP contribution in [-0.4, -0.2) is 101 Å². The van der Waals surface area contributed by atoms with Crippen molar-refractivity contribution in [2.24, 2.45) is 11.8 Å². The normalized spacial score (nSPS) is 16.5. The molecule has 318 valence electrons. The summed E-state index contributed by atoms with van der Waals surface area (Å²) in [4.78, 5) is 62.9. The molecule has 5 heterocycles. The molecule has 2 aliphatic rings. The van der Waals surface area contributed by atoms with E-state index in [1.54, 1.807) is 12.1 Å². The van der Waals surface area contributed by atoms with Crippen LogP contribution in [0.25, 0.3) is 33.0 Å². The number of rotatable bonds is 12. The van der Waals surface area contributed by atoms with Crippen LogP contribution in [0.5, 0.6) is 0 Å². The highest BCUT2D eigenvalue weighted by atomic mass is 35.5. The van der Waals surface area contributed by atoms with Gasteiger partial charge in [0.1, 0.15) is 60.4 Å². The Bertz CT molecular complexity index is 2900. The van der Waals surface area contributed by atoms with Gasteiger partial charge in [-0.2, -0.15) is 0 Å². The number of benzene rings is 1. The number of aromatic nitrogens is 7. The second-order valence-electron chi connectivity index (χ2n) is 15.3. The summed E-state index contributed by atoms with van der Waals surface area (Å²) >= 11 is 6.18. The zero-order valence-corrected chi connectivity index (χ0v) is 35.2. The van der Waals surface area contributed by atoms with Gasteiger partial charge in [0.25, 0.3) is 0 Å². The van der Waals surface area contributed by atoms with Crippen LogP contribution in [0.2, 0.25) is 5.15 Å². The highest BCUT2D eigenvalue weighted by molar-refractivity contribution is 7.90. The first-order valence-corrected chi connectivity index (χ1v) is 23.9. The van der Waals surface area contributed by atoms with Gasteiger partial charge in [-0.1, -0.05) is 11.6 Å². The third-order valence-corrected chi connectivity index (χ3v) is 13.1. The lowest BCUT2D eigenvalue weighted by Crippen LogP contribution is -2.35. The summed E-state index contributed by atoms with van der Waals surface area (Å²) in [5.74, 6) is -0.484. The number of aromatic amines is 3. The van der Waals surface area contributed by atoms with Crippen molar-refractivity contribution in [3.63, 3.8) is 0 Å². The number of anilines is 2. The summed E-state index contributed by atoms with van der Waals surface area (Å²) in [7, 11) is -6.06. The number of nitrogens with zero attached hydrogens (tertiary/aromatic N) is 4. The number of sulfone groups is 2. The van der Waals surface area contributed by atoms with Crippen LogP contribution in [0.1, 0.15) is 48.2 Å². The number of hydrogen-bond donors (Lipinski definition) is 6. The number of carbonyl (C=O) groups is 2. The zero-order chi connectivity index (χ0) is 42.8. The molecule has 2 atom stereocenters. The van der Waals surface area contributed by atoms with Crippen LogP contribution in [0, 0.1) is 17.7 Å². The number of halogens is 2. The van der Waals surface area contributed by atoms with Crippen LogP contribution in [-0.2, 0) is 54.9 Å². The van der Waals surface area contributed by atoms with E-state index in [1.807, 2.05) is 0 Å². The first-order chi connectivity index (χ1) is 28.5. The maximum atomic E-state index is 14.3. The average Bonchev–Trinajstić information content (AvgIpc) is 3.77. The van der Waals surface area contributed by atoms with Gasteiger partial charge in [0.05, 0.1) is 27.8 Å². The van der Waals surface area contributed by atoms with Gasteiger partial charge in [0.15, 0.2) is 0 Å². The predicted molar refractivity (Wildman–Crippen MR) is 226 cm³/mol. The Balaban J connectivity index is 0.000000197. The largest absolute Gasteiger partial charge is 0.356 e. The van der Waals surface area contributed by atoms with E-state index in [4.69, 9.17) is 11.6 Å². The summed E-state index contributed by atoms with van der Waals surface area (Å²) in [6.07, 6.45) is 9.88. The number of carbonyl (C=O) groups excluding carboxylic acids is 2. The van der Waals surface area contributed by atoms with E-state index in [2.05, 4.69) is 50.8 Å². The van der Waals surface area contributed by atoms with Gasteiger partial charge < -0.3 is 30.9 Å². The number of nitrogens with one attached hydrogen (secondary N) is 6. The lowest BCUT2D eigenvalue weighted by molar-refractivity contribution is -0.126. The Labute approximate surface area is 349 Å². The third-order valence-electron chi connectivity index (χ3n) is 10.7. The van der Waals surface area contributed by atoms with Gasteiger partial charge in [0, 0.05) is 66.0 Å². The number of hydrogen-bond acceptors (Lipinski definition) is 12. The van der Waals surface area contributed by atoms with Crippen molar-refractivity contribution in [2.45, 2.75) is 51.4 Å². The Morgan fingerprint density at radius 1 is 0.767 bits per heavy atom. The number of H-pyrrole nitrogens is 3. The topological polar surface area (TPSA) is 255 Å². The maximum Gasteiger partial charge on any atom is 0.248 e. The molecule has 0 radical (unpaired) electrons. The molecule has 8 rings (SSSR count). The standard InChI is InChI=1S/C24H25FN6O4S.C15H19ClN4O3S/c1-36(34,35)10-2-9-26-24(33)13-3-6-18-15(11-13)20-22(27-12-28-23(20)30-18)29-17-7-5-16(25)21-14(17)4-8-19(32)31-21;1-24(22,23)6-2-5-17-15(21)9-3-4-11-10(7-9)12-13(16)18-8-19-14(12)20-11/h4-5,7-8,12-13H,2-3,6,9-11H2,1H3,(H,26,33)(H,31,32)(H2,27,28,29,30);8-9H,2-7H2,1H3,(H,17,21)(H,18,19,20). The summed E-state index contributed by atoms with van der Waals surface area (Å²) < 4.78 is 59.1. The SMILES string of the molecule is CS(=O)(=O)CCCNC(=O)C1CCc2[nH]c3ncnc(Cl)c3c2C1.CS(=O)(=O)CCCNC(=O)C1CCc2[nH]c3ncnc(Nc4ccc(F)c5[nH]c(=O)ccc45)c3c2C1. The van der Waals surface area contributed by atoms with Gasteiger partial charge in [0.2, 0.25) is 17.4 Å². The van der Waals surface area contributed by atoms with Crippen LogP contribution in [0.3, 0.4) is 0 Å². The van der Waals surface area contributed by atoms with Crippen molar-refractivity contribution >= 4 is 87.6 Å². The van der Waals surface area contributed by atoms with Crippen molar-refractivity contribution in [3.8, 4) is 0 Å². The highest BCUT2D eigenvalue weighted by Crippen LogP contribution is 2.37. The minimum Gasteiger partial charge on any atom is -0.356 e. The third kappa shape index (κ3) is 9.93. The molecule has 6 aromatic rings. The van der Waals surface area contributed by atoms with Gasteiger partial charge >= 0.3 is 0 Å². The van der Waals surface area contributed by atoms with Gasteiger partial charge in [-0.15, -0.1) is 0 Å². The first-order valence-electron chi connectivity index (χ1n) is 19.4. The molecule has 0 bridgehead atoms. The summed E-state index contributed by atoms with van der Waals surface area (Å²) in [6, 6.07) is 5.74. The highest BCUT2D eigenvalue weighted by Gasteiger charge is 2.30. The molecule has 0 saturated carbocycles. The maximum absolute atomic E-state index is 14.3. The number of fused-ring (bicyclic) bond motifs is 7. The molecule has 6 N–H and O–H groups in total. The molecular weight excluding hydrogens is 839 g/mol. The molecule has 21 heteroatoms. The van der Waals surface area contributed by atoms with Crippen LogP contribution < -0.4 is 21.5 Å². The summed E-state index contributed by atoms with van der Waals surface area (Å²) in [5, 5.41) is 11.4. The molecule has 2 amide bonds. The van der Waals surface area contributed by atoms with E-state index in [0.717, 1.165) is 46.1 Å². The first kappa shape index (κ1) is 42.6. The predicted octanol–water partition coefficient (Wildman–Crippen LogP) is 3.61. The van der Waals surface area contributed by atoms with E-state index in [1.165, 1.54) is 37.3 Å². The second-order valence-corrected chi connectivity index (χ2v) is 20.1. The number of pyridine rings is 1. The van der Waals surface area contributed by atoms with Gasteiger partial charge in [-0.3, -0.25) is 14.4 Å². The van der Waals surface area contributed by atoms with Crippen LogP contribution in [0.4, 0.5) is 15.9 Å². The summed E-state index contributed by atoms with van der Waals surface area (Å²) in [6.45, 7) is 0.672. The fraction of sp³-hybridized carbons (Fsp3) is 0.410. The average molecular weight is 883 g/mol. The molecule has 2 aliphatic carbocycles.